The van der Waals surface area contributed by atoms with Crippen molar-refractivity contribution in [3.8, 4) is 0 Å². The summed E-state index contributed by atoms with van der Waals surface area (Å²) in [6, 6.07) is 28.8. The number of hydrogen-bond donors (Lipinski definition) is 1. The molecule has 1 N–H and O–H groups in total. The van der Waals surface area contributed by atoms with E-state index in [1.165, 1.54) is 0 Å². The van der Waals surface area contributed by atoms with Crippen molar-refractivity contribution in [1.82, 2.24) is 10.2 Å². The van der Waals surface area contributed by atoms with E-state index in [4.69, 9.17) is 0 Å². The van der Waals surface area contributed by atoms with Crippen LogP contribution in [0.3, 0.4) is 0 Å². The van der Waals surface area contributed by atoms with Gasteiger partial charge in [0.05, 0.1) is 5.69 Å². The molecule has 0 bridgehead atoms. The first-order chi connectivity index (χ1) is 19.8. The molecule has 3 amide bonds. The third-order valence-corrected chi connectivity index (χ3v) is 7.73. The molecule has 0 aromatic heterocycles. The molecule has 6 heteroatoms. The number of nitrogens with zero attached hydrogens (tertiary/aromatic N) is 2. The highest BCUT2D eigenvalue weighted by Gasteiger charge is 2.32. The fourth-order valence-electron chi connectivity index (χ4n) is 5.64. The van der Waals surface area contributed by atoms with Crippen molar-refractivity contribution in [3.05, 3.63) is 113 Å². The first-order valence-electron chi connectivity index (χ1n) is 14.4. The van der Waals surface area contributed by atoms with Crippen LogP contribution in [-0.2, 0) is 22.6 Å². The number of hydrogen-bond acceptors (Lipinski definition) is 3. The van der Waals surface area contributed by atoms with Crippen LogP contribution in [0.4, 0.5) is 5.69 Å². The van der Waals surface area contributed by atoms with Crippen LogP contribution in [0, 0.1) is 6.92 Å². The van der Waals surface area contributed by atoms with Gasteiger partial charge in [-0.3, -0.25) is 14.4 Å². The summed E-state index contributed by atoms with van der Waals surface area (Å²) in [5.41, 5.74) is 4.67. The van der Waals surface area contributed by atoms with Crippen LogP contribution in [0.15, 0.2) is 91.0 Å². The number of rotatable bonds is 11. The molecule has 1 heterocycles. The molecule has 0 radical (unpaired) electrons. The normalized spacial score (nSPS) is 13.1. The van der Waals surface area contributed by atoms with Gasteiger partial charge in [0.15, 0.2) is 0 Å². The molecule has 1 atom stereocenters. The van der Waals surface area contributed by atoms with Gasteiger partial charge < -0.3 is 15.1 Å². The Kier molecular flexibility index (Phi) is 8.48. The van der Waals surface area contributed by atoms with Gasteiger partial charge in [-0.25, -0.2) is 0 Å². The first-order valence-corrected chi connectivity index (χ1v) is 14.4. The molecule has 4 aromatic carbocycles. The minimum atomic E-state index is -0.668. The summed E-state index contributed by atoms with van der Waals surface area (Å²) in [6.07, 6.45) is 1.13. The van der Waals surface area contributed by atoms with Gasteiger partial charge in [-0.1, -0.05) is 78.9 Å². The minimum Gasteiger partial charge on any atom is -0.352 e. The molecule has 4 aromatic rings. The van der Waals surface area contributed by atoms with E-state index >= 15 is 0 Å². The van der Waals surface area contributed by atoms with E-state index in [9.17, 15) is 14.4 Å². The molecule has 0 fully saturated rings. The summed E-state index contributed by atoms with van der Waals surface area (Å²) < 4.78 is 0. The van der Waals surface area contributed by atoms with Crippen LogP contribution in [0.1, 0.15) is 53.7 Å². The SMILES string of the molecule is Cc1ccccc1CN(C(=O)CCCN1C(=O)c2cccc3cccc1c23)[C@@H](Cc1ccccc1)C(=O)NC(C)C. The van der Waals surface area contributed by atoms with E-state index in [1.54, 1.807) is 9.80 Å². The molecule has 210 valence electrons. The fraction of sp³-hybridized carbons (Fsp3) is 0.286. The summed E-state index contributed by atoms with van der Waals surface area (Å²) >= 11 is 0. The second kappa shape index (κ2) is 12.4. The van der Waals surface area contributed by atoms with Crippen LogP contribution < -0.4 is 10.2 Å². The fourth-order valence-corrected chi connectivity index (χ4v) is 5.64. The predicted octanol–water partition coefficient (Wildman–Crippen LogP) is 6.05. The molecule has 6 nitrogen and oxygen atoms in total. The van der Waals surface area contributed by atoms with Crippen molar-refractivity contribution in [2.45, 2.75) is 58.7 Å². The Morgan fingerprint density at radius 1 is 0.878 bits per heavy atom. The quantitative estimate of drug-likeness (QED) is 0.248. The van der Waals surface area contributed by atoms with Crippen LogP contribution in [0.2, 0.25) is 0 Å². The third kappa shape index (κ3) is 6.17. The Morgan fingerprint density at radius 3 is 2.32 bits per heavy atom. The molecular weight excluding hydrogens is 510 g/mol. The second-order valence-electron chi connectivity index (χ2n) is 11.1. The summed E-state index contributed by atoms with van der Waals surface area (Å²) in [4.78, 5) is 44.3. The minimum absolute atomic E-state index is 0.0284. The van der Waals surface area contributed by atoms with Crippen molar-refractivity contribution in [2.24, 2.45) is 0 Å². The van der Waals surface area contributed by atoms with E-state index in [1.807, 2.05) is 112 Å². The average molecular weight is 548 g/mol. The number of carbonyl (C=O) groups is 3. The van der Waals surface area contributed by atoms with E-state index in [0.29, 0.717) is 31.5 Å². The molecular formula is C35H37N3O3. The number of nitrogens with one attached hydrogen (secondary N) is 1. The van der Waals surface area contributed by atoms with Crippen LogP contribution in [0.25, 0.3) is 10.8 Å². The van der Waals surface area contributed by atoms with E-state index in [0.717, 1.165) is 33.2 Å². The van der Waals surface area contributed by atoms with Crippen LogP contribution in [0.5, 0.6) is 0 Å². The van der Waals surface area contributed by atoms with Gasteiger partial charge in [0.1, 0.15) is 6.04 Å². The standard InChI is InChI=1S/C35H37N3O3/c1-24(2)36-34(40)31(22-26-13-5-4-6-14-26)38(23-28-15-8-7-12-25(28)3)32(39)20-11-21-37-30-19-10-17-27-16-9-18-29(33(27)30)35(37)41/h4-10,12-19,24,31H,11,20-23H2,1-3H3,(H,36,40)/t31-/m0/s1. The molecule has 0 saturated carbocycles. The van der Waals surface area contributed by atoms with E-state index in [2.05, 4.69) is 5.32 Å². The molecule has 1 aliphatic heterocycles. The Labute approximate surface area is 242 Å². The maximum atomic E-state index is 14.0. The summed E-state index contributed by atoms with van der Waals surface area (Å²) in [5.74, 6) is -0.294. The number of anilines is 1. The zero-order chi connectivity index (χ0) is 28.9. The van der Waals surface area contributed by atoms with Gasteiger partial charge >= 0.3 is 0 Å². The van der Waals surface area contributed by atoms with Crippen LogP contribution in [-0.4, -0.2) is 41.2 Å². The summed E-state index contributed by atoms with van der Waals surface area (Å²) in [6.45, 7) is 6.64. The molecule has 41 heavy (non-hydrogen) atoms. The second-order valence-corrected chi connectivity index (χ2v) is 11.1. The lowest BCUT2D eigenvalue weighted by Gasteiger charge is -2.32. The van der Waals surface area contributed by atoms with Gasteiger partial charge in [-0.2, -0.15) is 0 Å². The number of benzene rings is 4. The lowest BCUT2D eigenvalue weighted by atomic mass is 10.0. The number of aryl methyl sites for hydroxylation is 1. The van der Waals surface area contributed by atoms with Crippen LogP contribution >= 0.6 is 0 Å². The van der Waals surface area contributed by atoms with Gasteiger partial charge in [0, 0.05) is 42.9 Å². The predicted molar refractivity (Wildman–Crippen MR) is 164 cm³/mol. The van der Waals surface area contributed by atoms with Gasteiger partial charge in [0.2, 0.25) is 11.8 Å². The number of carbonyl (C=O) groups excluding carboxylic acids is 3. The largest absolute Gasteiger partial charge is 0.352 e. The smallest absolute Gasteiger partial charge is 0.258 e. The van der Waals surface area contributed by atoms with Crippen molar-refractivity contribution in [2.75, 3.05) is 11.4 Å². The van der Waals surface area contributed by atoms with Gasteiger partial charge in [-0.15, -0.1) is 0 Å². The molecule has 0 spiro atoms. The molecule has 0 unspecified atom stereocenters. The average Bonchev–Trinajstić information content (AvgIpc) is 3.24. The van der Waals surface area contributed by atoms with E-state index < -0.39 is 6.04 Å². The molecule has 0 saturated heterocycles. The number of amides is 3. The molecule has 1 aliphatic rings. The summed E-state index contributed by atoms with van der Waals surface area (Å²) in [7, 11) is 0. The Balaban J connectivity index is 1.38. The lowest BCUT2D eigenvalue weighted by Crippen LogP contribution is -2.52. The molecule has 0 aliphatic carbocycles. The Bertz CT molecular complexity index is 1560. The van der Waals surface area contributed by atoms with E-state index in [-0.39, 0.29) is 30.2 Å². The van der Waals surface area contributed by atoms with Crippen molar-refractivity contribution >= 4 is 34.2 Å². The first kappa shape index (κ1) is 28.1. The third-order valence-electron chi connectivity index (χ3n) is 7.73. The van der Waals surface area contributed by atoms with Crippen molar-refractivity contribution in [3.63, 3.8) is 0 Å². The zero-order valence-electron chi connectivity index (χ0n) is 24.0. The zero-order valence-corrected chi connectivity index (χ0v) is 24.0. The topological polar surface area (TPSA) is 69.7 Å². The maximum absolute atomic E-state index is 14.0. The lowest BCUT2D eigenvalue weighted by molar-refractivity contribution is -0.141. The highest BCUT2D eigenvalue weighted by molar-refractivity contribution is 6.25. The highest BCUT2D eigenvalue weighted by Crippen LogP contribution is 2.37. The highest BCUT2D eigenvalue weighted by atomic mass is 16.2. The van der Waals surface area contributed by atoms with Crippen molar-refractivity contribution < 1.29 is 14.4 Å². The maximum Gasteiger partial charge on any atom is 0.258 e. The Hall–Kier alpha value is -4.45. The van der Waals surface area contributed by atoms with Gasteiger partial charge in [-0.05, 0) is 61.4 Å². The Morgan fingerprint density at radius 2 is 1.59 bits per heavy atom. The van der Waals surface area contributed by atoms with Gasteiger partial charge in [0.25, 0.3) is 5.91 Å². The molecule has 5 rings (SSSR count). The monoisotopic (exact) mass is 547 g/mol. The summed E-state index contributed by atoms with van der Waals surface area (Å²) in [5, 5.41) is 5.05. The van der Waals surface area contributed by atoms with Crippen molar-refractivity contribution in [1.29, 1.82) is 0 Å².